The Morgan fingerprint density at radius 1 is 1.16 bits per heavy atom. The highest BCUT2D eigenvalue weighted by Gasteiger charge is 2.12. The van der Waals surface area contributed by atoms with Crippen LogP contribution in [0.3, 0.4) is 0 Å². The van der Waals surface area contributed by atoms with E-state index in [4.69, 9.17) is 11.0 Å². The number of carbonyl (C=O) groups excluding carboxylic acids is 1. The number of nitrogen functional groups attached to an aromatic ring is 1. The Labute approximate surface area is 111 Å². The standard InChI is InChI=1S/C16H12N2O/c17-10-4-7-12-8-9-14(18)11-15(12)16(19)13-5-2-1-3-6-13/h1-9,11H,18H2. The Hall–Kier alpha value is -2.86. The summed E-state index contributed by atoms with van der Waals surface area (Å²) in [5.41, 5.74) is 8.03. The van der Waals surface area contributed by atoms with Crippen molar-refractivity contribution >= 4 is 17.5 Å². The maximum atomic E-state index is 12.4. The lowest BCUT2D eigenvalue weighted by atomic mass is 9.97. The van der Waals surface area contributed by atoms with Gasteiger partial charge < -0.3 is 5.73 Å². The number of nitrogens with two attached hydrogens (primary N) is 1. The molecule has 0 fully saturated rings. The van der Waals surface area contributed by atoms with Crippen LogP contribution in [0.2, 0.25) is 0 Å². The van der Waals surface area contributed by atoms with E-state index in [2.05, 4.69) is 0 Å². The minimum absolute atomic E-state index is 0.106. The molecule has 0 aromatic heterocycles. The van der Waals surface area contributed by atoms with Gasteiger partial charge in [0.15, 0.2) is 5.78 Å². The predicted octanol–water partition coefficient (Wildman–Crippen LogP) is 3.04. The van der Waals surface area contributed by atoms with Crippen LogP contribution < -0.4 is 5.73 Å². The molecule has 0 saturated carbocycles. The van der Waals surface area contributed by atoms with Gasteiger partial charge in [-0.1, -0.05) is 36.4 Å². The monoisotopic (exact) mass is 248 g/mol. The molecule has 3 heteroatoms. The van der Waals surface area contributed by atoms with Gasteiger partial charge in [-0.3, -0.25) is 4.79 Å². The maximum Gasteiger partial charge on any atom is 0.193 e. The Bertz CT molecular complexity index is 667. The number of nitriles is 1. The maximum absolute atomic E-state index is 12.4. The first-order chi connectivity index (χ1) is 9.22. The smallest absolute Gasteiger partial charge is 0.193 e. The number of anilines is 1. The lowest BCUT2D eigenvalue weighted by molar-refractivity contribution is 0.103. The topological polar surface area (TPSA) is 66.9 Å². The number of hydrogen-bond donors (Lipinski definition) is 1. The molecule has 0 spiro atoms. The summed E-state index contributed by atoms with van der Waals surface area (Å²) in [5, 5.41) is 8.58. The molecule has 0 heterocycles. The van der Waals surface area contributed by atoms with E-state index in [1.54, 1.807) is 36.4 Å². The van der Waals surface area contributed by atoms with E-state index in [1.807, 2.05) is 24.3 Å². The molecule has 2 aromatic rings. The molecular formula is C16H12N2O. The lowest BCUT2D eigenvalue weighted by Crippen LogP contribution is -2.04. The van der Waals surface area contributed by atoms with Crippen molar-refractivity contribution in [3.05, 3.63) is 71.3 Å². The van der Waals surface area contributed by atoms with Crippen LogP contribution in [0.4, 0.5) is 5.69 Å². The van der Waals surface area contributed by atoms with Crippen LogP contribution in [0.15, 0.2) is 54.6 Å². The summed E-state index contributed by atoms with van der Waals surface area (Å²) in [5.74, 6) is -0.106. The minimum Gasteiger partial charge on any atom is -0.399 e. The molecule has 0 aliphatic heterocycles. The molecule has 0 saturated heterocycles. The highest BCUT2D eigenvalue weighted by atomic mass is 16.1. The number of ketones is 1. The third-order valence-electron chi connectivity index (χ3n) is 2.70. The second-order valence-corrected chi connectivity index (χ2v) is 4.00. The summed E-state index contributed by atoms with van der Waals surface area (Å²) in [6, 6.07) is 16.0. The van der Waals surface area contributed by atoms with Gasteiger partial charge in [0, 0.05) is 22.9 Å². The summed E-state index contributed by atoms with van der Waals surface area (Å²) in [6.45, 7) is 0. The summed E-state index contributed by atoms with van der Waals surface area (Å²) < 4.78 is 0. The third-order valence-corrected chi connectivity index (χ3v) is 2.70. The van der Waals surface area contributed by atoms with Crippen LogP contribution in [0.5, 0.6) is 0 Å². The van der Waals surface area contributed by atoms with Crippen molar-refractivity contribution in [3.8, 4) is 6.07 Å². The van der Waals surface area contributed by atoms with E-state index in [-0.39, 0.29) is 5.78 Å². The van der Waals surface area contributed by atoms with Crippen LogP contribution in [0.25, 0.3) is 6.08 Å². The fraction of sp³-hybridized carbons (Fsp3) is 0. The molecule has 0 radical (unpaired) electrons. The number of allylic oxidation sites excluding steroid dienone is 1. The first kappa shape index (κ1) is 12.6. The van der Waals surface area contributed by atoms with Crippen molar-refractivity contribution in [1.82, 2.24) is 0 Å². The normalized spacial score (nSPS) is 10.3. The average Bonchev–Trinajstić information content (AvgIpc) is 2.46. The lowest BCUT2D eigenvalue weighted by Gasteiger charge is -2.06. The molecule has 0 bridgehead atoms. The molecule has 0 atom stereocenters. The SMILES string of the molecule is N#CC=Cc1ccc(N)cc1C(=O)c1ccccc1. The van der Waals surface area contributed by atoms with E-state index < -0.39 is 0 Å². The Morgan fingerprint density at radius 3 is 2.58 bits per heavy atom. The summed E-state index contributed by atoms with van der Waals surface area (Å²) in [6.07, 6.45) is 2.95. The van der Waals surface area contributed by atoms with E-state index in [9.17, 15) is 4.79 Å². The second-order valence-electron chi connectivity index (χ2n) is 4.00. The van der Waals surface area contributed by atoms with Crippen LogP contribution in [0.1, 0.15) is 21.5 Å². The van der Waals surface area contributed by atoms with Gasteiger partial charge in [-0.15, -0.1) is 0 Å². The summed E-state index contributed by atoms with van der Waals surface area (Å²) >= 11 is 0. The van der Waals surface area contributed by atoms with Gasteiger partial charge in [0.25, 0.3) is 0 Å². The summed E-state index contributed by atoms with van der Waals surface area (Å²) in [4.78, 5) is 12.4. The molecule has 19 heavy (non-hydrogen) atoms. The van der Waals surface area contributed by atoms with Gasteiger partial charge in [-0.25, -0.2) is 0 Å². The number of hydrogen-bond acceptors (Lipinski definition) is 3. The molecule has 92 valence electrons. The minimum atomic E-state index is -0.106. The first-order valence-corrected chi connectivity index (χ1v) is 5.78. The van der Waals surface area contributed by atoms with Crippen LogP contribution in [-0.4, -0.2) is 5.78 Å². The summed E-state index contributed by atoms with van der Waals surface area (Å²) in [7, 11) is 0. The average molecular weight is 248 g/mol. The van der Waals surface area contributed by atoms with Crippen LogP contribution in [-0.2, 0) is 0 Å². The van der Waals surface area contributed by atoms with E-state index in [1.165, 1.54) is 6.08 Å². The van der Waals surface area contributed by atoms with Crippen molar-refractivity contribution in [2.75, 3.05) is 5.73 Å². The first-order valence-electron chi connectivity index (χ1n) is 5.78. The third kappa shape index (κ3) is 2.88. The van der Waals surface area contributed by atoms with Gasteiger partial charge >= 0.3 is 0 Å². The van der Waals surface area contributed by atoms with Crippen molar-refractivity contribution < 1.29 is 4.79 Å². The quantitative estimate of drug-likeness (QED) is 0.515. The van der Waals surface area contributed by atoms with Gasteiger partial charge in [-0.2, -0.15) is 5.26 Å². The molecule has 0 aliphatic carbocycles. The van der Waals surface area contributed by atoms with Crippen molar-refractivity contribution in [2.45, 2.75) is 0 Å². The predicted molar refractivity (Wildman–Crippen MR) is 75.4 cm³/mol. The number of benzene rings is 2. The molecule has 3 nitrogen and oxygen atoms in total. The Morgan fingerprint density at radius 2 is 1.89 bits per heavy atom. The van der Waals surface area contributed by atoms with E-state index >= 15 is 0 Å². The largest absolute Gasteiger partial charge is 0.399 e. The molecule has 0 aliphatic rings. The van der Waals surface area contributed by atoms with E-state index in [0.29, 0.717) is 22.4 Å². The van der Waals surface area contributed by atoms with Crippen molar-refractivity contribution in [1.29, 1.82) is 5.26 Å². The number of carbonyl (C=O) groups is 1. The van der Waals surface area contributed by atoms with Gasteiger partial charge in [0.2, 0.25) is 0 Å². The number of nitrogens with zero attached hydrogens (tertiary/aromatic N) is 1. The molecule has 2 N–H and O–H groups in total. The highest BCUT2D eigenvalue weighted by Crippen LogP contribution is 2.19. The second kappa shape index (κ2) is 5.65. The van der Waals surface area contributed by atoms with Gasteiger partial charge in [0.1, 0.15) is 0 Å². The molecular weight excluding hydrogens is 236 g/mol. The fourth-order valence-corrected chi connectivity index (χ4v) is 1.79. The molecule has 0 unspecified atom stereocenters. The zero-order chi connectivity index (χ0) is 13.7. The van der Waals surface area contributed by atoms with Gasteiger partial charge in [-0.05, 0) is 23.8 Å². The zero-order valence-corrected chi connectivity index (χ0v) is 10.2. The molecule has 2 rings (SSSR count). The van der Waals surface area contributed by atoms with Crippen molar-refractivity contribution in [2.24, 2.45) is 0 Å². The number of rotatable bonds is 3. The van der Waals surface area contributed by atoms with Crippen LogP contribution >= 0.6 is 0 Å². The zero-order valence-electron chi connectivity index (χ0n) is 10.2. The molecule has 0 amide bonds. The van der Waals surface area contributed by atoms with E-state index in [0.717, 1.165) is 0 Å². The Balaban J connectivity index is 2.49. The van der Waals surface area contributed by atoms with Gasteiger partial charge in [0.05, 0.1) is 6.07 Å². The molecule has 2 aromatic carbocycles. The van der Waals surface area contributed by atoms with Crippen molar-refractivity contribution in [3.63, 3.8) is 0 Å². The van der Waals surface area contributed by atoms with Crippen LogP contribution in [0, 0.1) is 11.3 Å². The Kier molecular flexibility index (Phi) is 3.75. The highest BCUT2D eigenvalue weighted by molar-refractivity contribution is 6.11. The fourth-order valence-electron chi connectivity index (χ4n) is 1.79.